The molecule has 0 aliphatic heterocycles. The van der Waals surface area contributed by atoms with Gasteiger partial charge in [-0.05, 0) is 77.7 Å². The van der Waals surface area contributed by atoms with Crippen LogP contribution in [0.15, 0.2) is 133 Å². The van der Waals surface area contributed by atoms with Gasteiger partial charge in [0.15, 0.2) is 5.13 Å². The highest BCUT2D eigenvalue weighted by atomic mass is 32.1. The lowest BCUT2D eigenvalue weighted by Gasteiger charge is -1.96. The highest BCUT2D eigenvalue weighted by Gasteiger charge is 2.09. The molecule has 0 aliphatic carbocycles. The SMILES string of the molecule is NCc1ccc(C(=O)O)cc1.Nc1ccc(C(=O)O)cc1.Nc1ccncc1C(=O)O.Nc1nc(CC(=O)O)cs1.O=C(O)c1c[nH]c2ccccc12.O=C(O)c1ccc2cc[nH]c2c1. The number of nitrogen functional groups attached to an aromatic ring is 3. The molecular weight excluding hydrogens is 865 g/mol. The fourth-order valence-electron chi connectivity index (χ4n) is 4.98. The van der Waals surface area contributed by atoms with Gasteiger partial charge in [-0.15, -0.1) is 11.3 Å². The molecule has 8 rings (SSSR count). The van der Waals surface area contributed by atoms with Crippen LogP contribution < -0.4 is 22.9 Å². The molecule has 0 aliphatic rings. The number of thiazole rings is 1. The van der Waals surface area contributed by atoms with E-state index >= 15 is 0 Å². The van der Waals surface area contributed by atoms with E-state index in [1.54, 1.807) is 72.2 Å². The summed E-state index contributed by atoms with van der Waals surface area (Å²) in [6, 6.07) is 28.3. The van der Waals surface area contributed by atoms with Crippen molar-refractivity contribution >= 4 is 85.5 Å². The number of aromatic carboxylic acids is 5. The van der Waals surface area contributed by atoms with E-state index in [2.05, 4.69) is 19.9 Å². The van der Waals surface area contributed by atoms with Crippen LogP contribution >= 0.6 is 11.3 Å². The molecule has 16 N–H and O–H groups in total. The fourth-order valence-corrected chi connectivity index (χ4v) is 5.54. The quantitative estimate of drug-likeness (QED) is 0.0748. The summed E-state index contributed by atoms with van der Waals surface area (Å²) in [5.74, 6) is -5.57. The highest BCUT2D eigenvalue weighted by Crippen LogP contribution is 2.17. The Morgan fingerprint density at radius 3 is 1.71 bits per heavy atom. The molecule has 336 valence electrons. The smallest absolute Gasteiger partial charge is 0.339 e. The first kappa shape index (κ1) is 50.3. The Labute approximate surface area is 372 Å². The van der Waals surface area contributed by atoms with Crippen molar-refractivity contribution in [3.05, 3.63) is 172 Å². The molecule has 0 bridgehead atoms. The molecule has 21 heteroatoms. The minimum Gasteiger partial charge on any atom is -0.481 e. The van der Waals surface area contributed by atoms with Crippen LogP contribution in [0.25, 0.3) is 21.8 Å². The Balaban J connectivity index is 0.000000208. The van der Waals surface area contributed by atoms with E-state index in [1.807, 2.05) is 24.3 Å². The van der Waals surface area contributed by atoms with Crippen molar-refractivity contribution in [3.63, 3.8) is 0 Å². The maximum Gasteiger partial charge on any atom is 0.339 e. The molecule has 0 unspecified atom stereocenters. The first-order chi connectivity index (χ1) is 30.9. The van der Waals surface area contributed by atoms with Gasteiger partial charge in [0.05, 0.1) is 34.4 Å². The lowest BCUT2D eigenvalue weighted by molar-refractivity contribution is -0.136. The number of hydrogen-bond donors (Lipinski definition) is 12. The predicted molar refractivity (Wildman–Crippen MR) is 243 cm³/mol. The number of nitrogens with one attached hydrogen (secondary N) is 2. The van der Waals surface area contributed by atoms with Crippen LogP contribution in [0, 0.1) is 0 Å². The monoisotopic (exact) mass is 906 g/mol. The maximum absolute atomic E-state index is 10.7. The molecule has 4 aromatic heterocycles. The van der Waals surface area contributed by atoms with Crippen molar-refractivity contribution in [2.75, 3.05) is 17.2 Å². The summed E-state index contributed by atoms with van der Waals surface area (Å²) in [7, 11) is 0. The van der Waals surface area contributed by atoms with Gasteiger partial charge in [0.2, 0.25) is 0 Å². The van der Waals surface area contributed by atoms with Crippen LogP contribution in [-0.2, 0) is 17.8 Å². The van der Waals surface area contributed by atoms with Gasteiger partial charge in [-0.1, -0.05) is 36.4 Å². The van der Waals surface area contributed by atoms with Gasteiger partial charge >= 0.3 is 35.8 Å². The maximum atomic E-state index is 10.7. The van der Waals surface area contributed by atoms with Gasteiger partial charge < -0.3 is 63.5 Å². The number of nitrogens with two attached hydrogens (primary N) is 4. The Bertz CT molecular complexity index is 2860. The fraction of sp³-hybridized carbons (Fsp3) is 0.0455. The lowest BCUT2D eigenvalue weighted by Crippen LogP contribution is -2.01. The number of rotatable bonds is 8. The van der Waals surface area contributed by atoms with Crippen LogP contribution in [0.4, 0.5) is 16.5 Å². The standard InChI is InChI=1S/2C9H7NO2.C8H9NO2.C7H7NO2.C6H6N2O2.C5H6N2O2S/c11-9(12)7-2-1-6-3-4-10-8(6)5-7;11-9(12)7-5-10-8-4-2-1-3-6(7)8;9-5-6-1-3-7(4-2-6)8(10)11;8-6-3-1-5(2-4-6)7(9)10;7-5-1-2-8-3-4(5)6(9)10;6-5-7-3(2-10-5)1-4(8)9/h2*1-5,10H,(H,11,12);1-4H,5,9H2,(H,10,11);1-4H,8H2,(H,9,10);1-3H,(H2,7,8)(H,9,10);2H,1H2,(H2,6,7)(H,8,9). The Hall–Kier alpha value is -9.08. The van der Waals surface area contributed by atoms with Gasteiger partial charge in [0, 0.05) is 64.5 Å². The normalized spacial score (nSPS) is 9.74. The average Bonchev–Trinajstić information content (AvgIpc) is 4.04. The van der Waals surface area contributed by atoms with Crippen LogP contribution in [0.2, 0.25) is 0 Å². The number of aromatic amines is 2. The van der Waals surface area contributed by atoms with E-state index in [0.29, 0.717) is 39.7 Å². The van der Waals surface area contributed by atoms with Crippen LogP contribution in [-0.4, -0.2) is 86.4 Å². The predicted octanol–water partition coefficient (Wildman–Crippen LogP) is 6.26. The van der Waals surface area contributed by atoms with Crippen molar-refractivity contribution in [2.45, 2.75) is 13.0 Å². The molecule has 0 fully saturated rings. The zero-order valence-corrected chi connectivity index (χ0v) is 34.7. The topological polar surface area (TPSA) is 385 Å². The molecule has 0 atom stereocenters. The molecule has 8 aromatic rings. The molecule has 0 saturated heterocycles. The minimum atomic E-state index is -1.05. The number of para-hydroxylation sites is 1. The van der Waals surface area contributed by atoms with Crippen molar-refractivity contribution in [1.82, 2.24) is 19.9 Å². The van der Waals surface area contributed by atoms with Gasteiger partial charge in [0.1, 0.15) is 5.56 Å². The van der Waals surface area contributed by atoms with Gasteiger partial charge in [-0.25, -0.2) is 29.0 Å². The molecule has 0 spiro atoms. The minimum absolute atomic E-state index is 0.0440. The molecule has 0 radical (unpaired) electrons. The van der Waals surface area contributed by atoms with Crippen LogP contribution in [0.1, 0.15) is 63.0 Å². The third kappa shape index (κ3) is 16.7. The number of aliphatic carboxylic acids is 1. The van der Waals surface area contributed by atoms with E-state index in [1.165, 1.54) is 48.1 Å². The van der Waals surface area contributed by atoms with Crippen molar-refractivity contribution in [1.29, 1.82) is 0 Å². The number of carboxylic acid groups (broad SMARTS) is 6. The molecule has 65 heavy (non-hydrogen) atoms. The lowest BCUT2D eigenvalue weighted by atomic mass is 10.1. The molecule has 0 amide bonds. The molecule has 4 aromatic carbocycles. The molecule has 20 nitrogen and oxygen atoms in total. The van der Waals surface area contributed by atoms with E-state index in [-0.39, 0.29) is 23.2 Å². The van der Waals surface area contributed by atoms with Crippen molar-refractivity contribution in [3.8, 4) is 0 Å². The van der Waals surface area contributed by atoms with E-state index in [0.717, 1.165) is 27.4 Å². The zero-order chi connectivity index (χ0) is 48.1. The van der Waals surface area contributed by atoms with Gasteiger partial charge in [-0.3, -0.25) is 9.78 Å². The Morgan fingerprint density at radius 2 is 1.20 bits per heavy atom. The molecular formula is C44H42N8O12S. The number of aromatic nitrogens is 4. The number of hydrogen-bond acceptors (Lipinski definition) is 13. The summed E-state index contributed by atoms with van der Waals surface area (Å²) in [6.07, 6.45) is 5.91. The first-order valence-corrected chi connectivity index (χ1v) is 19.3. The van der Waals surface area contributed by atoms with Gasteiger partial charge in [0.25, 0.3) is 0 Å². The first-order valence-electron chi connectivity index (χ1n) is 18.5. The largest absolute Gasteiger partial charge is 0.481 e. The summed E-state index contributed by atoms with van der Waals surface area (Å²) >= 11 is 1.25. The second kappa shape index (κ2) is 25.0. The van der Waals surface area contributed by atoms with Crippen molar-refractivity contribution < 1.29 is 59.4 Å². The molecule has 0 saturated carbocycles. The summed E-state index contributed by atoms with van der Waals surface area (Å²) < 4.78 is 0. The summed E-state index contributed by atoms with van der Waals surface area (Å²) in [5, 5.41) is 55.0. The van der Waals surface area contributed by atoms with Crippen molar-refractivity contribution in [2.24, 2.45) is 5.73 Å². The number of carbonyl (C=O) groups is 6. The highest BCUT2D eigenvalue weighted by molar-refractivity contribution is 7.13. The third-order valence-electron chi connectivity index (χ3n) is 8.20. The second-order valence-electron chi connectivity index (χ2n) is 12.8. The number of pyridine rings is 1. The number of carboxylic acids is 6. The third-order valence-corrected chi connectivity index (χ3v) is 8.93. The van der Waals surface area contributed by atoms with Crippen LogP contribution in [0.3, 0.4) is 0 Å². The Morgan fingerprint density at radius 1 is 0.615 bits per heavy atom. The number of nitrogens with zero attached hydrogens (tertiary/aromatic N) is 2. The van der Waals surface area contributed by atoms with E-state index < -0.39 is 35.8 Å². The Kier molecular flexibility index (Phi) is 19.3. The average molecular weight is 907 g/mol. The number of H-pyrrole nitrogens is 2. The number of anilines is 3. The van der Waals surface area contributed by atoms with Crippen LogP contribution in [0.5, 0.6) is 0 Å². The zero-order valence-electron chi connectivity index (χ0n) is 33.9. The van der Waals surface area contributed by atoms with E-state index in [9.17, 15) is 28.8 Å². The second-order valence-corrected chi connectivity index (χ2v) is 13.7. The summed E-state index contributed by atoms with van der Waals surface area (Å²) in [5.41, 5.74) is 26.5. The van der Waals surface area contributed by atoms with Gasteiger partial charge in [-0.2, -0.15) is 0 Å². The molecule has 4 heterocycles. The number of benzene rings is 4. The summed E-state index contributed by atoms with van der Waals surface area (Å²) in [6.45, 7) is 0.444. The van der Waals surface area contributed by atoms with E-state index in [4.69, 9.17) is 53.6 Å². The number of fused-ring (bicyclic) bond motifs is 2. The summed E-state index contributed by atoms with van der Waals surface area (Å²) in [4.78, 5) is 75.5.